The fourth-order valence-corrected chi connectivity index (χ4v) is 2.90. The van der Waals surface area contributed by atoms with Gasteiger partial charge in [0.2, 0.25) is 0 Å². The van der Waals surface area contributed by atoms with E-state index in [1.165, 1.54) is 103 Å². The van der Waals surface area contributed by atoms with Crippen molar-refractivity contribution in [2.75, 3.05) is 6.54 Å². The molecular formula is C20H43MgNO2. The van der Waals surface area contributed by atoms with E-state index in [1.54, 1.807) is 0 Å². The summed E-state index contributed by atoms with van der Waals surface area (Å²) >= 11 is 0. The van der Waals surface area contributed by atoms with Crippen LogP contribution < -0.4 is 5.48 Å². The Morgan fingerprint density at radius 3 is 1.33 bits per heavy atom. The Labute approximate surface area is 167 Å². The smallest absolute Gasteiger partial charge is 0.321 e. The minimum atomic E-state index is -0.263. The summed E-state index contributed by atoms with van der Waals surface area (Å²) in [5.41, 5.74) is 2.68. The van der Waals surface area contributed by atoms with Gasteiger partial charge in [-0.15, -0.1) is 0 Å². The molecule has 0 rings (SSSR count). The molecule has 0 aromatic carbocycles. The molecule has 0 radical (unpaired) electrons. The third-order valence-corrected chi connectivity index (χ3v) is 4.35. The van der Waals surface area contributed by atoms with Crippen LogP contribution in [0.4, 0.5) is 0 Å². The molecule has 0 aliphatic carbocycles. The predicted octanol–water partition coefficient (Wildman–Crippen LogP) is 5.40. The summed E-state index contributed by atoms with van der Waals surface area (Å²) in [6.07, 6.45) is 22.1. The Morgan fingerprint density at radius 2 is 1.00 bits per heavy atom. The van der Waals surface area contributed by atoms with Gasteiger partial charge in [0.1, 0.15) is 0 Å². The Hall–Kier alpha value is 0.196. The first-order valence-corrected chi connectivity index (χ1v) is 10.2. The van der Waals surface area contributed by atoms with E-state index in [-0.39, 0.29) is 29.0 Å². The molecule has 0 aromatic rings. The zero-order valence-corrected chi connectivity index (χ0v) is 15.8. The molecule has 3 nitrogen and oxygen atoms in total. The van der Waals surface area contributed by atoms with E-state index >= 15 is 0 Å². The van der Waals surface area contributed by atoms with Gasteiger partial charge in [-0.2, -0.15) is 5.48 Å². The van der Waals surface area contributed by atoms with E-state index in [0.29, 0.717) is 0 Å². The second kappa shape index (κ2) is 23.2. The van der Waals surface area contributed by atoms with Gasteiger partial charge in [0.15, 0.2) is 0 Å². The number of hydroxylamine groups is 1. The van der Waals surface area contributed by atoms with Crippen LogP contribution in [-0.2, 0) is 9.63 Å². The summed E-state index contributed by atoms with van der Waals surface area (Å²) in [6.45, 7) is 4.47. The van der Waals surface area contributed by atoms with Gasteiger partial charge in [-0.25, -0.2) is 0 Å². The molecule has 0 atom stereocenters. The van der Waals surface area contributed by atoms with Crippen LogP contribution in [0.2, 0.25) is 0 Å². The summed E-state index contributed by atoms with van der Waals surface area (Å²) in [5, 5.41) is 0. The minimum Gasteiger partial charge on any atom is -0.371 e. The molecule has 0 saturated carbocycles. The maximum atomic E-state index is 10.5. The van der Waals surface area contributed by atoms with Gasteiger partial charge in [0.05, 0.1) is 0 Å². The first kappa shape index (κ1) is 26.4. The van der Waals surface area contributed by atoms with E-state index in [0.717, 1.165) is 13.0 Å². The summed E-state index contributed by atoms with van der Waals surface area (Å²) in [4.78, 5) is 15.2. The molecule has 0 fully saturated rings. The molecule has 0 aliphatic heterocycles. The van der Waals surface area contributed by atoms with Crippen molar-refractivity contribution < 1.29 is 9.63 Å². The SMILES string of the molecule is CCCCCCCCCCCCCCCCCCNOC(C)=O.[MgH2]. The maximum absolute atomic E-state index is 10.5. The van der Waals surface area contributed by atoms with Gasteiger partial charge in [0, 0.05) is 13.5 Å². The lowest BCUT2D eigenvalue weighted by Crippen LogP contribution is -2.18. The van der Waals surface area contributed by atoms with E-state index in [1.807, 2.05) is 0 Å². The van der Waals surface area contributed by atoms with Gasteiger partial charge in [-0.1, -0.05) is 103 Å². The normalized spacial score (nSPS) is 10.4. The monoisotopic (exact) mass is 353 g/mol. The average molecular weight is 354 g/mol. The van der Waals surface area contributed by atoms with Gasteiger partial charge in [-0.3, -0.25) is 4.79 Å². The van der Waals surface area contributed by atoms with Crippen molar-refractivity contribution in [3.63, 3.8) is 0 Å². The average Bonchev–Trinajstić information content (AvgIpc) is 2.53. The van der Waals surface area contributed by atoms with Crippen molar-refractivity contribution in [3.05, 3.63) is 0 Å². The summed E-state index contributed by atoms with van der Waals surface area (Å²) in [7, 11) is 0. The molecule has 0 amide bonds. The number of hydrogen-bond donors (Lipinski definition) is 1. The quantitative estimate of drug-likeness (QED) is 0.204. The number of unbranched alkanes of at least 4 members (excludes halogenated alkanes) is 15. The van der Waals surface area contributed by atoms with Crippen LogP contribution in [0.5, 0.6) is 0 Å². The fraction of sp³-hybridized carbons (Fsp3) is 0.950. The lowest BCUT2D eigenvalue weighted by atomic mass is 10.0. The van der Waals surface area contributed by atoms with Crippen LogP contribution in [0.25, 0.3) is 0 Å². The predicted molar refractivity (Wildman–Crippen MR) is 108 cm³/mol. The highest BCUT2D eigenvalue weighted by Crippen LogP contribution is 2.13. The number of rotatable bonds is 18. The molecule has 0 heterocycles. The second-order valence-corrected chi connectivity index (χ2v) is 6.79. The van der Waals surface area contributed by atoms with E-state index in [4.69, 9.17) is 0 Å². The fourth-order valence-electron chi connectivity index (χ4n) is 2.90. The van der Waals surface area contributed by atoms with Crippen LogP contribution in [0.1, 0.15) is 117 Å². The minimum absolute atomic E-state index is 0. The first-order chi connectivity index (χ1) is 11.3. The molecule has 4 heteroatoms. The number of nitrogens with one attached hydrogen (secondary N) is 1. The van der Waals surface area contributed by atoms with Crippen molar-refractivity contribution >= 4 is 29.0 Å². The number of carbonyl (C=O) groups excluding carboxylic acids is 1. The van der Waals surface area contributed by atoms with E-state index in [2.05, 4.69) is 17.2 Å². The van der Waals surface area contributed by atoms with Gasteiger partial charge < -0.3 is 4.84 Å². The lowest BCUT2D eigenvalue weighted by Gasteiger charge is -2.04. The Balaban J connectivity index is 0. The molecule has 0 aromatic heterocycles. The highest BCUT2D eigenvalue weighted by Gasteiger charge is 1.95. The second-order valence-electron chi connectivity index (χ2n) is 6.79. The third kappa shape index (κ3) is 24.4. The van der Waals surface area contributed by atoms with Crippen molar-refractivity contribution in [1.29, 1.82) is 0 Å². The van der Waals surface area contributed by atoms with Crippen molar-refractivity contribution in [2.45, 2.75) is 117 Å². The van der Waals surface area contributed by atoms with Crippen LogP contribution in [0.15, 0.2) is 0 Å². The Kier molecular flexibility index (Phi) is 25.5. The molecule has 0 bridgehead atoms. The summed E-state index contributed by atoms with van der Waals surface area (Å²) in [6, 6.07) is 0. The standard InChI is InChI=1S/C20H41NO2.Mg.2H/c1-3-4-5-6-7-8-9-10-11-12-13-14-15-16-17-18-19-21-23-20(2)22;;;/h21H,3-19H2,1-2H3;;;. The molecule has 0 unspecified atom stereocenters. The Morgan fingerprint density at radius 1 is 0.667 bits per heavy atom. The number of carbonyl (C=O) groups is 1. The lowest BCUT2D eigenvalue weighted by molar-refractivity contribution is -0.148. The largest absolute Gasteiger partial charge is 0.371 e. The van der Waals surface area contributed by atoms with Gasteiger partial charge >= 0.3 is 29.0 Å². The van der Waals surface area contributed by atoms with Crippen LogP contribution >= 0.6 is 0 Å². The zero-order valence-electron chi connectivity index (χ0n) is 15.8. The summed E-state index contributed by atoms with van der Waals surface area (Å²) < 4.78 is 0. The Bertz CT molecular complexity index is 250. The molecular weight excluding hydrogens is 311 g/mol. The van der Waals surface area contributed by atoms with Crippen molar-refractivity contribution in [2.24, 2.45) is 0 Å². The molecule has 1 N–H and O–H groups in total. The summed E-state index contributed by atoms with van der Waals surface area (Å²) in [5.74, 6) is -0.263. The van der Waals surface area contributed by atoms with E-state index in [9.17, 15) is 4.79 Å². The van der Waals surface area contributed by atoms with Gasteiger partial charge in [0.25, 0.3) is 0 Å². The van der Waals surface area contributed by atoms with Crippen molar-refractivity contribution in [1.82, 2.24) is 5.48 Å². The zero-order chi connectivity index (χ0) is 17.0. The van der Waals surface area contributed by atoms with Crippen LogP contribution in [0, 0.1) is 0 Å². The van der Waals surface area contributed by atoms with E-state index < -0.39 is 0 Å². The molecule has 0 spiro atoms. The molecule has 0 saturated heterocycles. The van der Waals surface area contributed by atoms with Gasteiger partial charge in [-0.05, 0) is 6.42 Å². The highest BCUT2D eigenvalue weighted by molar-refractivity contribution is 5.75. The maximum Gasteiger partial charge on any atom is 0.321 e. The van der Waals surface area contributed by atoms with Crippen LogP contribution in [0.3, 0.4) is 0 Å². The molecule has 0 aliphatic rings. The van der Waals surface area contributed by atoms with Crippen molar-refractivity contribution in [3.8, 4) is 0 Å². The first-order valence-electron chi connectivity index (χ1n) is 10.2. The third-order valence-electron chi connectivity index (χ3n) is 4.35. The highest BCUT2D eigenvalue weighted by atomic mass is 24.3. The van der Waals surface area contributed by atoms with Crippen LogP contribution in [-0.4, -0.2) is 35.6 Å². The topological polar surface area (TPSA) is 38.3 Å². The molecule has 142 valence electrons. The molecule has 24 heavy (non-hydrogen) atoms. The number of hydrogen-bond acceptors (Lipinski definition) is 3.